The second-order valence-corrected chi connectivity index (χ2v) is 10.1. The van der Waals surface area contributed by atoms with Gasteiger partial charge >= 0.3 is 0 Å². The molecule has 0 radical (unpaired) electrons. The molecule has 0 atom stereocenters. The summed E-state index contributed by atoms with van der Waals surface area (Å²) < 4.78 is 3.40. The molecule has 3 heterocycles. The fraction of sp³-hybridized carbons (Fsp3) is 0.480. The van der Waals surface area contributed by atoms with Crippen molar-refractivity contribution in [3.8, 4) is 5.69 Å². The monoisotopic (exact) mass is 497 g/mol. The van der Waals surface area contributed by atoms with Crippen LogP contribution in [0.1, 0.15) is 53.9 Å². The number of nitrogens with zero attached hydrogens (tertiary/aromatic N) is 4. The number of amides is 1. The van der Waals surface area contributed by atoms with Gasteiger partial charge in [0, 0.05) is 29.7 Å². The van der Waals surface area contributed by atoms with Crippen molar-refractivity contribution in [3.63, 3.8) is 0 Å². The molecule has 0 saturated carbocycles. The van der Waals surface area contributed by atoms with E-state index in [1.54, 1.807) is 0 Å². The first-order chi connectivity index (χ1) is 15.2. The third-order valence-electron chi connectivity index (χ3n) is 6.84. The van der Waals surface area contributed by atoms with Gasteiger partial charge in [-0.3, -0.25) is 9.36 Å². The summed E-state index contributed by atoms with van der Waals surface area (Å²) in [5, 5.41) is 1.14. The van der Waals surface area contributed by atoms with E-state index in [2.05, 4.69) is 65.2 Å². The fourth-order valence-corrected chi connectivity index (χ4v) is 5.77. The van der Waals surface area contributed by atoms with Gasteiger partial charge in [-0.15, -0.1) is 0 Å². The zero-order valence-electron chi connectivity index (χ0n) is 19.6. The molecule has 6 nitrogen and oxygen atoms in total. The fourth-order valence-electron chi connectivity index (χ4n) is 5.09. The molecule has 0 aliphatic carbocycles. The van der Waals surface area contributed by atoms with Crippen LogP contribution in [0.3, 0.4) is 0 Å². The third-order valence-corrected chi connectivity index (χ3v) is 7.30. The van der Waals surface area contributed by atoms with Crippen molar-refractivity contribution in [2.24, 2.45) is 11.7 Å². The molecular weight excluding hydrogens is 466 g/mol. The average molecular weight is 498 g/mol. The summed E-state index contributed by atoms with van der Waals surface area (Å²) in [5.74, 6) is 2.17. The highest BCUT2D eigenvalue weighted by molar-refractivity contribution is 9.10. The largest absolute Gasteiger partial charge is 0.370 e. The number of aromatic nitrogens is 3. The van der Waals surface area contributed by atoms with E-state index < -0.39 is 0 Å². The highest BCUT2D eigenvalue weighted by atomic mass is 79.9. The number of hydrogen-bond donors (Lipinski definition) is 1. The molecule has 32 heavy (non-hydrogen) atoms. The molecule has 0 bridgehead atoms. The Morgan fingerprint density at radius 3 is 2.31 bits per heavy atom. The van der Waals surface area contributed by atoms with Crippen molar-refractivity contribution < 1.29 is 4.79 Å². The van der Waals surface area contributed by atoms with E-state index in [0.29, 0.717) is 12.3 Å². The Morgan fingerprint density at radius 1 is 1.09 bits per heavy atom. The average Bonchev–Trinajstić information content (AvgIpc) is 2.96. The van der Waals surface area contributed by atoms with Crippen LogP contribution in [-0.4, -0.2) is 33.5 Å². The second-order valence-electron chi connectivity index (χ2n) is 9.16. The first kappa shape index (κ1) is 22.8. The van der Waals surface area contributed by atoms with Gasteiger partial charge in [0.05, 0.1) is 11.1 Å². The van der Waals surface area contributed by atoms with Crippen LogP contribution in [0.4, 0.5) is 5.82 Å². The highest BCUT2D eigenvalue weighted by Crippen LogP contribution is 2.37. The minimum Gasteiger partial charge on any atom is -0.370 e. The zero-order valence-corrected chi connectivity index (χ0v) is 21.2. The predicted molar refractivity (Wildman–Crippen MR) is 134 cm³/mol. The van der Waals surface area contributed by atoms with Crippen molar-refractivity contribution >= 4 is 38.7 Å². The lowest BCUT2D eigenvalue weighted by Gasteiger charge is -2.33. The van der Waals surface area contributed by atoms with E-state index >= 15 is 0 Å². The van der Waals surface area contributed by atoms with Gasteiger partial charge in [0.1, 0.15) is 11.6 Å². The van der Waals surface area contributed by atoms with Crippen molar-refractivity contribution in [2.75, 3.05) is 18.0 Å². The molecule has 1 amide bonds. The Labute approximate surface area is 198 Å². The topological polar surface area (TPSA) is 77.0 Å². The van der Waals surface area contributed by atoms with Crippen LogP contribution >= 0.6 is 15.9 Å². The Morgan fingerprint density at radius 2 is 1.72 bits per heavy atom. The van der Waals surface area contributed by atoms with E-state index in [4.69, 9.17) is 15.7 Å². The van der Waals surface area contributed by atoms with Crippen molar-refractivity contribution in [2.45, 2.75) is 60.3 Å². The summed E-state index contributed by atoms with van der Waals surface area (Å²) in [7, 11) is 0. The SMILES string of the molecule is Cc1nc(N2CCC(CCC(N)=O)CC2)c2c(C)c(C)n(-c3c(C)cc(Br)cc3C)c2n1. The number of hydrogen-bond acceptors (Lipinski definition) is 4. The van der Waals surface area contributed by atoms with Gasteiger partial charge in [0.25, 0.3) is 0 Å². The minimum atomic E-state index is -0.202. The Kier molecular flexibility index (Phi) is 6.30. The summed E-state index contributed by atoms with van der Waals surface area (Å²) in [4.78, 5) is 23.4. The van der Waals surface area contributed by atoms with Crippen molar-refractivity contribution in [1.29, 1.82) is 0 Å². The maximum absolute atomic E-state index is 11.2. The first-order valence-corrected chi connectivity index (χ1v) is 12.1. The lowest BCUT2D eigenvalue weighted by Crippen LogP contribution is -2.35. The molecule has 7 heteroatoms. The smallest absolute Gasteiger partial charge is 0.217 e. The quantitative estimate of drug-likeness (QED) is 0.524. The summed E-state index contributed by atoms with van der Waals surface area (Å²) in [6.45, 7) is 12.5. The minimum absolute atomic E-state index is 0.202. The molecule has 2 aromatic heterocycles. The Hall–Kier alpha value is -2.41. The molecule has 1 aliphatic rings. The molecule has 1 saturated heterocycles. The van der Waals surface area contributed by atoms with E-state index in [9.17, 15) is 4.79 Å². The van der Waals surface area contributed by atoms with E-state index in [-0.39, 0.29) is 5.91 Å². The molecule has 3 aromatic rings. The summed E-state index contributed by atoms with van der Waals surface area (Å²) in [5.41, 5.74) is 12.4. The molecule has 1 fully saturated rings. The number of benzene rings is 1. The van der Waals surface area contributed by atoms with E-state index in [1.807, 2.05) is 6.92 Å². The number of halogens is 1. The number of carbonyl (C=O) groups excluding carboxylic acids is 1. The molecule has 170 valence electrons. The molecule has 0 spiro atoms. The molecule has 1 aliphatic heterocycles. The van der Waals surface area contributed by atoms with Gasteiger partial charge in [0.2, 0.25) is 5.91 Å². The maximum atomic E-state index is 11.2. The normalized spacial score (nSPS) is 15.0. The van der Waals surface area contributed by atoms with Gasteiger partial charge in [-0.1, -0.05) is 15.9 Å². The van der Waals surface area contributed by atoms with Gasteiger partial charge in [-0.2, -0.15) is 0 Å². The predicted octanol–water partition coefficient (Wildman–Crippen LogP) is 5.21. The lowest BCUT2D eigenvalue weighted by molar-refractivity contribution is -0.118. The van der Waals surface area contributed by atoms with Crippen LogP contribution in [0.25, 0.3) is 16.7 Å². The van der Waals surface area contributed by atoms with Crippen LogP contribution in [0.5, 0.6) is 0 Å². The third kappa shape index (κ3) is 4.15. The van der Waals surface area contributed by atoms with Crippen LogP contribution in [-0.2, 0) is 4.79 Å². The van der Waals surface area contributed by atoms with Crippen molar-refractivity contribution in [3.05, 3.63) is 44.8 Å². The van der Waals surface area contributed by atoms with Gasteiger partial charge in [0.15, 0.2) is 5.65 Å². The van der Waals surface area contributed by atoms with Crippen LogP contribution in [0, 0.1) is 40.5 Å². The molecule has 2 N–H and O–H groups in total. The van der Waals surface area contributed by atoms with Gasteiger partial charge in [-0.25, -0.2) is 9.97 Å². The maximum Gasteiger partial charge on any atom is 0.217 e. The number of piperidine rings is 1. The van der Waals surface area contributed by atoms with E-state index in [1.165, 1.54) is 28.1 Å². The lowest BCUT2D eigenvalue weighted by atomic mass is 9.92. The number of primary amides is 1. The number of anilines is 1. The highest BCUT2D eigenvalue weighted by Gasteiger charge is 2.26. The summed E-state index contributed by atoms with van der Waals surface area (Å²) in [6, 6.07) is 4.32. The van der Waals surface area contributed by atoms with Crippen LogP contribution < -0.4 is 10.6 Å². The molecule has 0 unspecified atom stereocenters. The summed E-state index contributed by atoms with van der Waals surface area (Å²) in [6.07, 6.45) is 3.48. The van der Waals surface area contributed by atoms with Crippen LogP contribution in [0.15, 0.2) is 16.6 Å². The number of carbonyl (C=O) groups is 1. The van der Waals surface area contributed by atoms with Crippen molar-refractivity contribution in [1.82, 2.24) is 14.5 Å². The Bertz CT molecular complexity index is 1170. The number of fused-ring (bicyclic) bond motifs is 1. The zero-order chi connectivity index (χ0) is 23.2. The Balaban J connectivity index is 1.78. The second kappa shape index (κ2) is 8.85. The summed E-state index contributed by atoms with van der Waals surface area (Å²) >= 11 is 3.63. The van der Waals surface area contributed by atoms with E-state index in [0.717, 1.165) is 59.5 Å². The molecule has 4 rings (SSSR count). The molecule has 1 aromatic carbocycles. The molecular formula is C25H32BrN5O. The van der Waals surface area contributed by atoms with Gasteiger partial charge in [-0.05, 0) is 88.6 Å². The first-order valence-electron chi connectivity index (χ1n) is 11.3. The number of nitrogens with two attached hydrogens (primary N) is 1. The number of aryl methyl sites for hydroxylation is 4. The van der Waals surface area contributed by atoms with Gasteiger partial charge < -0.3 is 10.6 Å². The number of rotatable bonds is 5. The standard InChI is InChI=1S/C25H32BrN5O/c1-14-12-20(26)13-15(2)23(14)31-17(4)16(3)22-24(28-18(5)29-25(22)31)30-10-8-19(9-11-30)6-7-21(27)32/h12-13,19H,6-11H2,1-5H3,(H2,27,32). The van der Waals surface area contributed by atoms with Crippen LogP contribution in [0.2, 0.25) is 0 Å².